The lowest BCUT2D eigenvalue weighted by Crippen LogP contribution is -2.25. The number of carbonyl (C=O) groups is 2. The molecule has 0 amide bonds. The number of halogens is 1. The van der Waals surface area contributed by atoms with Gasteiger partial charge in [-0.1, -0.05) is 23.7 Å². The Hall–Kier alpha value is -3.10. The van der Waals surface area contributed by atoms with Crippen LogP contribution in [0.5, 0.6) is 0 Å². The Morgan fingerprint density at radius 3 is 2.22 bits per heavy atom. The third kappa shape index (κ3) is 5.44. The summed E-state index contributed by atoms with van der Waals surface area (Å²) in [5, 5.41) is 9.78. The van der Waals surface area contributed by atoms with Gasteiger partial charge >= 0.3 is 5.97 Å². The van der Waals surface area contributed by atoms with Crippen molar-refractivity contribution in [3.63, 3.8) is 0 Å². The molecule has 0 spiro atoms. The number of carbonyl (C=O) groups excluding carboxylic acids is 2. The third-order valence-corrected chi connectivity index (χ3v) is 4.09. The van der Waals surface area contributed by atoms with Crippen LogP contribution in [0, 0.1) is 11.3 Å². The van der Waals surface area contributed by atoms with Gasteiger partial charge in [-0.15, -0.1) is 0 Å². The second-order valence-corrected chi connectivity index (χ2v) is 6.51. The molecule has 0 fully saturated rings. The highest BCUT2D eigenvalue weighted by molar-refractivity contribution is 6.30. The van der Waals surface area contributed by atoms with Gasteiger partial charge in [0.25, 0.3) is 0 Å². The Balaban J connectivity index is 2.10. The number of hydrogen-bond acceptors (Lipinski definition) is 5. The number of nitrogens with zero attached hydrogens (tertiary/aromatic N) is 2. The molecule has 0 N–H and O–H groups in total. The molecule has 0 saturated carbocycles. The summed E-state index contributed by atoms with van der Waals surface area (Å²) in [7, 11) is 3.84. The molecule has 0 aliphatic carbocycles. The van der Waals surface area contributed by atoms with E-state index in [1.54, 1.807) is 36.4 Å². The third-order valence-electron chi connectivity index (χ3n) is 3.84. The van der Waals surface area contributed by atoms with Crippen molar-refractivity contribution in [3.05, 3.63) is 70.3 Å². The molecule has 2 aromatic carbocycles. The van der Waals surface area contributed by atoms with Crippen molar-refractivity contribution in [2.75, 3.05) is 19.0 Å². The fraction of sp³-hybridized carbons (Fsp3) is 0.190. The first kappa shape index (κ1) is 20.2. The molecule has 0 radical (unpaired) electrons. The Morgan fingerprint density at radius 1 is 1.11 bits per heavy atom. The van der Waals surface area contributed by atoms with Crippen LogP contribution in [0.15, 0.2) is 54.1 Å². The molecule has 0 bridgehead atoms. The normalized spacial score (nSPS) is 12.0. The lowest BCUT2D eigenvalue weighted by Gasteiger charge is -2.13. The van der Waals surface area contributed by atoms with Gasteiger partial charge in [-0.3, -0.25) is 4.79 Å². The molecule has 0 aliphatic rings. The van der Waals surface area contributed by atoms with Gasteiger partial charge in [0.1, 0.15) is 11.6 Å². The highest BCUT2D eigenvalue weighted by Gasteiger charge is 2.21. The molecule has 0 saturated heterocycles. The van der Waals surface area contributed by atoms with Gasteiger partial charge in [-0.05, 0) is 55.0 Å². The van der Waals surface area contributed by atoms with Gasteiger partial charge in [0.05, 0.1) is 0 Å². The molecular weight excluding hydrogens is 364 g/mol. The first-order valence-corrected chi connectivity index (χ1v) is 8.59. The van der Waals surface area contributed by atoms with Crippen LogP contribution in [0.1, 0.15) is 22.8 Å². The zero-order chi connectivity index (χ0) is 20.0. The summed E-state index contributed by atoms with van der Waals surface area (Å²) in [5.74, 6) is -1.21. The van der Waals surface area contributed by atoms with Crippen LogP contribution in [0.4, 0.5) is 5.69 Å². The van der Waals surface area contributed by atoms with Crippen LogP contribution in [0.3, 0.4) is 0 Å². The van der Waals surface area contributed by atoms with Gasteiger partial charge in [0.15, 0.2) is 6.10 Å². The highest BCUT2D eigenvalue weighted by Crippen LogP contribution is 2.16. The SMILES string of the molecule is CC(OC(=O)C(C#N)=Cc1ccc(N(C)C)cc1)C(=O)c1ccc(Cl)cc1. The second kappa shape index (κ2) is 9.02. The summed E-state index contributed by atoms with van der Waals surface area (Å²) in [5.41, 5.74) is 1.88. The van der Waals surface area contributed by atoms with Gasteiger partial charge < -0.3 is 9.64 Å². The Kier molecular flexibility index (Phi) is 6.75. The number of rotatable bonds is 6. The van der Waals surface area contributed by atoms with E-state index >= 15 is 0 Å². The molecule has 6 heteroatoms. The minimum Gasteiger partial charge on any atom is -0.450 e. The van der Waals surface area contributed by atoms with Crippen LogP contribution in [0.2, 0.25) is 5.02 Å². The average Bonchev–Trinajstić information content (AvgIpc) is 2.66. The average molecular weight is 383 g/mol. The van der Waals surface area contributed by atoms with Crippen molar-refractivity contribution >= 4 is 35.1 Å². The summed E-state index contributed by atoms with van der Waals surface area (Å²) in [6, 6.07) is 15.4. The summed E-state index contributed by atoms with van der Waals surface area (Å²) in [4.78, 5) is 26.5. The minimum atomic E-state index is -1.02. The molecule has 1 unspecified atom stereocenters. The van der Waals surface area contributed by atoms with Crippen LogP contribution < -0.4 is 4.90 Å². The quantitative estimate of drug-likeness (QED) is 0.325. The number of anilines is 1. The van der Waals surface area contributed by atoms with Crippen molar-refractivity contribution in [1.82, 2.24) is 0 Å². The lowest BCUT2D eigenvalue weighted by atomic mass is 10.1. The van der Waals surface area contributed by atoms with Crippen LogP contribution in [0.25, 0.3) is 6.08 Å². The molecule has 0 aromatic heterocycles. The predicted octanol–water partition coefficient (Wildman–Crippen LogP) is 4.13. The molecule has 2 rings (SSSR count). The van der Waals surface area contributed by atoms with E-state index in [0.717, 1.165) is 5.69 Å². The maximum absolute atomic E-state index is 12.3. The van der Waals surface area contributed by atoms with E-state index in [2.05, 4.69) is 0 Å². The number of nitriles is 1. The zero-order valence-corrected chi connectivity index (χ0v) is 16.0. The zero-order valence-electron chi connectivity index (χ0n) is 15.3. The van der Waals surface area contributed by atoms with E-state index in [1.807, 2.05) is 37.2 Å². The molecule has 27 heavy (non-hydrogen) atoms. The smallest absolute Gasteiger partial charge is 0.349 e. The fourth-order valence-electron chi connectivity index (χ4n) is 2.30. The maximum atomic E-state index is 12.3. The molecule has 5 nitrogen and oxygen atoms in total. The molecule has 0 aliphatic heterocycles. The van der Waals surface area contributed by atoms with E-state index in [0.29, 0.717) is 16.1 Å². The van der Waals surface area contributed by atoms with Crippen molar-refractivity contribution in [3.8, 4) is 6.07 Å². The predicted molar refractivity (Wildman–Crippen MR) is 106 cm³/mol. The monoisotopic (exact) mass is 382 g/mol. The van der Waals surface area contributed by atoms with E-state index in [1.165, 1.54) is 13.0 Å². The molecule has 138 valence electrons. The van der Waals surface area contributed by atoms with Crippen molar-refractivity contribution < 1.29 is 14.3 Å². The number of ketones is 1. The summed E-state index contributed by atoms with van der Waals surface area (Å²) in [6.45, 7) is 1.47. The van der Waals surface area contributed by atoms with Gasteiger partial charge in [0, 0.05) is 30.4 Å². The minimum absolute atomic E-state index is 0.177. The van der Waals surface area contributed by atoms with Gasteiger partial charge in [-0.25, -0.2) is 4.79 Å². The molecule has 1 atom stereocenters. The first-order valence-electron chi connectivity index (χ1n) is 8.21. The van der Waals surface area contributed by atoms with Gasteiger partial charge in [-0.2, -0.15) is 5.26 Å². The van der Waals surface area contributed by atoms with E-state index < -0.39 is 12.1 Å². The van der Waals surface area contributed by atoms with E-state index in [9.17, 15) is 14.9 Å². The number of benzene rings is 2. The highest BCUT2D eigenvalue weighted by atomic mass is 35.5. The lowest BCUT2D eigenvalue weighted by molar-refractivity contribution is -0.141. The van der Waals surface area contributed by atoms with Crippen LogP contribution in [-0.2, 0) is 9.53 Å². The maximum Gasteiger partial charge on any atom is 0.349 e. The molecular formula is C21H19ClN2O3. The summed E-state index contributed by atoms with van der Waals surface area (Å²) in [6.07, 6.45) is 0.410. The molecule has 2 aromatic rings. The van der Waals surface area contributed by atoms with E-state index in [4.69, 9.17) is 16.3 Å². The Morgan fingerprint density at radius 2 is 1.70 bits per heavy atom. The Labute approximate surface area is 163 Å². The number of Topliss-reactive ketones (excluding diaryl/α,β-unsaturated/α-hetero) is 1. The largest absolute Gasteiger partial charge is 0.450 e. The van der Waals surface area contributed by atoms with Crippen molar-refractivity contribution in [1.29, 1.82) is 5.26 Å². The van der Waals surface area contributed by atoms with Crippen molar-refractivity contribution in [2.24, 2.45) is 0 Å². The van der Waals surface area contributed by atoms with Crippen LogP contribution in [-0.4, -0.2) is 32.0 Å². The van der Waals surface area contributed by atoms with Crippen LogP contribution >= 0.6 is 11.6 Å². The second-order valence-electron chi connectivity index (χ2n) is 6.07. The standard InChI is InChI=1S/C21H19ClN2O3/c1-14(20(25)16-6-8-18(22)9-7-16)27-21(26)17(13-23)12-15-4-10-19(11-5-15)24(2)3/h4-12,14H,1-3H3. The summed E-state index contributed by atoms with van der Waals surface area (Å²) >= 11 is 5.80. The first-order chi connectivity index (χ1) is 12.8. The number of esters is 1. The fourth-order valence-corrected chi connectivity index (χ4v) is 2.42. The molecule has 0 heterocycles. The van der Waals surface area contributed by atoms with E-state index in [-0.39, 0.29) is 11.4 Å². The summed E-state index contributed by atoms with van der Waals surface area (Å²) < 4.78 is 5.16. The number of hydrogen-bond donors (Lipinski definition) is 0. The van der Waals surface area contributed by atoms with Crippen molar-refractivity contribution in [2.45, 2.75) is 13.0 Å². The number of ether oxygens (including phenoxy) is 1. The Bertz CT molecular complexity index is 895. The topological polar surface area (TPSA) is 70.4 Å². The van der Waals surface area contributed by atoms with Gasteiger partial charge in [0.2, 0.25) is 5.78 Å².